The van der Waals surface area contributed by atoms with E-state index in [0.29, 0.717) is 11.5 Å². The van der Waals surface area contributed by atoms with Crippen LogP contribution in [-0.2, 0) is 4.74 Å². The number of hydrogen-bond donors (Lipinski definition) is 1. The average molecular weight is 232 g/mol. The molecule has 0 heterocycles. The monoisotopic (exact) mass is 232 g/mol. The molecule has 0 amide bonds. The van der Waals surface area contributed by atoms with Crippen molar-refractivity contribution in [2.75, 3.05) is 20.3 Å². The van der Waals surface area contributed by atoms with E-state index < -0.39 is 0 Å². The minimum atomic E-state index is 0.252. The number of nitriles is 1. The summed E-state index contributed by atoms with van der Waals surface area (Å²) in [6.45, 7) is 5.93. The molecule has 1 aromatic rings. The fourth-order valence-corrected chi connectivity index (χ4v) is 1.72. The van der Waals surface area contributed by atoms with Crippen LogP contribution in [-0.4, -0.2) is 20.3 Å². The number of nitrogens with one attached hydrogen (secondary N) is 1. The van der Waals surface area contributed by atoms with Crippen LogP contribution in [0.15, 0.2) is 24.3 Å². The topological polar surface area (TPSA) is 45.0 Å². The Morgan fingerprint density at radius 2 is 2.18 bits per heavy atom. The van der Waals surface area contributed by atoms with E-state index in [1.807, 2.05) is 24.3 Å². The van der Waals surface area contributed by atoms with Gasteiger partial charge < -0.3 is 10.1 Å². The number of rotatable bonds is 6. The smallest absolute Gasteiger partial charge is 0.0991 e. The maximum atomic E-state index is 8.84. The van der Waals surface area contributed by atoms with Gasteiger partial charge in [0.15, 0.2) is 0 Å². The van der Waals surface area contributed by atoms with Crippen molar-refractivity contribution in [3.63, 3.8) is 0 Å². The summed E-state index contributed by atoms with van der Waals surface area (Å²) in [6, 6.07) is 10.1. The van der Waals surface area contributed by atoms with Gasteiger partial charge in [-0.1, -0.05) is 19.1 Å². The third-order valence-corrected chi connectivity index (χ3v) is 2.74. The Morgan fingerprint density at radius 1 is 1.41 bits per heavy atom. The maximum Gasteiger partial charge on any atom is 0.0991 e. The first-order valence-electron chi connectivity index (χ1n) is 5.89. The molecule has 2 unspecified atom stereocenters. The van der Waals surface area contributed by atoms with E-state index in [0.717, 1.165) is 18.7 Å². The molecule has 0 fully saturated rings. The van der Waals surface area contributed by atoms with E-state index in [4.69, 9.17) is 10.00 Å². The summed E-state index contributed by atoms with van der Waals surface area (Å²) in [7, 11) is 1.72. The minimum Gasteiger partial charge on any atom is -0.384 e. The predicted molar refractivity (Wildman–Crippen MR) is 68.6 cm³/mol. The second kappa shape index (κ2) is 7.05. The Labute approximate surface area is 103 Å². The molecular weight excluding hydrogens is 212 g/mol. The van der Waals surface area contributed by atoms with Crippen LogP contribution in [0.1, 0.15) is 31.0 Å². The quantitative estimate of drug-likeness (QED) is 0.819. The second-order valence-electron chi connectivity index (χ2n) is 4.43. The molecular formula is C14H20N2O. The first-order chi connectivity index (χ1) is 8.17. The zero-order valence-electron chi connectivity index (χ0n) is 10.7. The predicted octanol–water partition coefficient (Wildman–Crippen LogP) is 2.49. The number of hydrogen-bond acceptors (Lipinski definition) is 3. The van der Waals surface area contributed by atoms with E-state index in [1.54, 1.807) is 7.11 Å². The van der Waals surface area contributed by atoms with Crippen LogP contribution in [0.4, 0.5) is 0 Å². The van der Waals surface area contributed by atoms with Crippen LogP contribution in [0, 0.1) is 17.2 Å². The molecule has 0 aliphatic heterocycles. The molecule has 0 spiro atoms. The van der Waals surface area contributed by atoms with E-state index in [9.17, 15) is 0 Å². The van der Waals surface area contributed by atoms with Gasteiger partial charge in [-0.05, 0) is 30.5 Å². The van der Waals surface area contributed by atoms with Crippen LogP contribution < -0.4 is 5.32 Å². The fraction of sp³-hybridized carbons (Fsp3) is 0.500. The molecule has 1 rings (SSSR count). The molecule has 2 atom stereocenters. The van der Waals surface area contributed by atoms with Crippen molar-refractivity contribution in [3.8, 4) is 6.07 Å². The highest BCUT2D eigenvalue weighted by molar-refractivity contribution is 5.33. The average Bonchev–Trinajstić information content (AvgIpc) is 2.36. The van der Waals surface area contributed by atoms with Gasteiger partial charge in [0.2, 0.25) is 0 Å². The number of nitrogens with zero attached hydrogens (tertiary/aromatic N) is 1. The van der Waals surface area contributed by atoms with Crippen molar-refractivity contribution in [1.29, 1.82) is 5.26 Å². The van der Waals surface area contributed by atoms with Crippen molar-refractivity contribution >= 4 is 0 Å². The molecule has 0 aromatic heterocycles. The van der Waals surface area contributed by atoms with E-state index in [1.165, 1.54) is 0 Å². The molecule has 92 valence electrons. The highest BCUT2D eigenvalue weighted by atomic mass is 16.5. The number of methoxy groups -OCH3 is 1. The van der Waals surface area contributed by atoms with E-state index in [2.05, 4.69) is 25.2 Å². The van der Waals surface area contributed by atoms with Crippen molar-refractivity contribution in [3.05, 3.63) is 35.4 Å². The van der Waals surface area contributed by atoms with Gasteiger partial charge >= 0.3 is 0 Å². The third kappa shape index (κ3) is 4.56. The van der Waals surface area contributed by atoms with Crippen LogP contribution in [0.2, 0.25) is 0 Å². The molecule has 1 N–H and O–H groups in total. The molecule has 0 saturated carbocycles. The van der Waals surface area contributed by atoms with Crippen molar-refractivity contribution < 1.29 is 4.74 Å². The molecule has 3 nitrogen and oxygen atoms in total. The summed E-state index contributed by atoms with van der Waals surface area (Å²) >= 11 is 0. The van der Waals surface area contributed by atoms with Crippen LogP contribution >= 0.6 is 0 Å². The highest BCUT2D eigenvalue weighted by Crippen LogP contribution is 2.14. The van der Waals surface area contributed by atoms with Gasteiger partial charge in [-0.3, -0.25) is 0 Å². The first kappa shape index (κ1) is 13.7. The summed E-state index contributed by atoms with van der Waals surface area (Å²) in [4.78, 5) is 0. The Morgan fingerprint density at radius 3 is 2.82 bits per heavy atom. The molecule has 0 saturated heterocycles. The van der Waals surface area contributed by atoms with Crippen LogP contribution in [0.3, 0.4) is 0 Å². The highest BCUT2D eigenvalue weighted by Gasteiger charge is 2.07. The lowest BCUT2D eigenvalue weighted by Crippen LogP contribution is -2.26. The molecule has 0 aliphatic carbocycles. The maximum absolute atomic E-state index is 8.84. The summed E-state index contributed by atoms with van der Waals surface area (Å²) in [5.74, 6) is 0.488. The van der Waals surface area contributed by atoms with E-state index >= 15 is 0 Å². The second-order valence-corrected chi connectivity index (χ2v) is 4.43. The van der Waals surface area contributed by atoms with Gasteiger partial charge in [0.05, 0.1) is 11.6 Å². The first-order valence-corrected chi connectivity index (χ1v) is 5.89. The number of benzene rings is 1. The molecule has 0 aliphatic rings. The van der Waals surface area contributed by atoms with Crippen molar-refractivity contribution in [2.45, 2.75) is 19.9 Å². The molecule has 0 bridgehead atoms. The zero-order chi connectivity index (χ0) is 12.7. The van der Waals surface area contributed by atoms with Gasteiger partial charge in [-0.25, -0.2) is 0 Å². The molecule has 0 radical (unpaired) electrons. The van der Waals surface area contributed by atoms with Crippen molar-refractivity contribution in [2.24, 2.45) is 5.92 Å². The fourth-order valence-electron chi connectivity index (χ4n) is 1.72. The van der Waals surface area contributed by atoms with Crippen LogP contribution in [0.5, 0.6) is 0 Å². The van der Waals surface area contributed by atoms with Crippen molar-refractivity contribution in [1.82, 2.24) is 5.32 Å². The SMILES string of the molecule is COCC(C)CNC(C)c1cccc(C#N)c1. The van der Waals surface area contributed by atoms with Gasteiger partial charge in [-0.2, -0.15) is 5.26 Å². The Balaban J connectivity index is 2.52. The summed E-state index contributed by atoms with van der Waals surface area (Å²) in [6.07, 6.45) is 0. The van der Waals surface area contributed by atoms with Gasteiger partial charge in [0.1, 0.15) is 0 Å². The number of ether oxygens (including phenoxy) is 1. The zero-order valence-corrected chi connectivity index (χ0v) is 10.7. The largest absolute Gasteiger partial charge is 0.384 e. The third-order valence-electron chi connectivity index (χ3n) is 2.74. The lowest BCUT2D eigenvalue weighted by Gasteiger charge is -2.17. The standard InChI is InChI=1S/C14H20N2O/c1-11(10-17-3)9-16-12(2)14-6-4-5-13(7-14)8-15/h4-7,11-12,16H,9-10H2,1-3H3. The lowest BCUT2D eigenvalue weighted by molar-refractivity contribution is 0.157. The molecule has 17 heavy (non-hydrogen) atoms. The van der Waals surface area contributed by atoms with Gasteiger partial charge in [0.25, 0.3) is 0 Å². The molecule has 3 heteroatoms. The van der Waals surface area contributed by atoms with E-state index in [-0.39, 0.29) is 6.04 Å². The Bertz CT molecular complexity index is 384. The lowest BCUT2D eigenvalue weighted by atomic mass is 10.0. The summed E-state index contributed by atoms with van der Waals surface area (Å²) < 4.78 is 5.10. The Kier molecular flexibility index (Phi) is 5.68. The summed E-state index contributed by atoms with van der Waals surface area (Å²) in [5, 5.41) is 12.3. The van der Waals surface area contributed by atoms with Gasteiger partial charge in [-0.15, -0.1) is 0 Å². The van der Waals surface area contributed by atoms with Gasteiger partial charge in [0, 0.05) is 26.3 Å². The minimum absolute atomic E-state index is 0.252. The summed E-state index contributed by atoms with van der Waals surface area (Å²) in [5.41, 5.74) is 1.86. The molecule has 1 aromatic carbocycles. The normalized spacial score (nSPS) is 14.0. The van der Waals surface area contributed by atoms with Crippen LogP contribution in [0.25, 0.3) is 0 Å². The Hall–Kier alpha value is -1.37.